The molecule has 1 fully saturated rings. The van der Waals surface area contributed by atoms with Crippen molar-refractivity contribution in [1.82, 2.24) is 14.8 Å². The molecule has 2 N–H and O–H groups in total. The van der Waals surface area contributed by atoms with Crippen molar-refractivity contribution >= 4 is 13.1 Å². The highest BCUT2D eigenvalue weighted by Gasteiger charge is 2.25. The van der Waals surface area contributed by atoms with Crippen LogP contribution in [0.4, 0.5) is 0 Å². The standard InChI is InChI=1S/C10H16BN3O/c1-11(15)14-5-4-9(7-14)2-3-10-6-12-8-13-10/h2-3,6,8-9,15H,4-5,7H2,1H3,(H,12,13). The van der Waals surface area contributed by atoms with E-state index in [0.29, 0.717) is 5.92 Å². The maximum Gasteiger partial charge on any atom is 0.376 e. The quantitative estimate of drug-likeness (QED) is 0.719. The predicted molar refractivity (Wildman–Crippen MR) is 61.1 cm³/mol. The normalized spacial score (nSPS) is 22.7. The predicted octanol–water partition coefficient (Wildman–Crippen LogP) is 0.855. The number of nitrogens with zero attached hydrogens (tertiary/aromatic N) is 2. The van der Waals surface area contributed by atoms with Crippen LogP contribution >= 0.6 is 0 Å². The first kappa shape index (κ1) is 10.5. The van der Waals surface area contributed by atoms with E-state index in [-0.39, 0.29) is 7.05 Å². The molecule has 80 valence electrons. The molecule has 1 unspecified atom stereocenters. The molecule has 1 aromatic rings. The summed E-state index contributed by atoms with van der Waals surface area (Å²) in [6.07, 6.45) is 8.85. The van der Waals surface area contributed by atoms with E-state index in [1.165, 1.54) is 0 Å². The Morgan fingerprint density at radius 2 is 2.60 bits per heavy atom. The lowest BCUT2D eigenvalue weighted by Gasteiger charge is -2.14. The lowest BCUT2D eigenvalue weighted by molar-refractivity contribution is 0.418. The smallest absolute Gasteiger partial charge is 0.376 e. The van der Waals surface area contributed by atoms with Crippen LogP contribution in [-0.2, 0) is 0 Å². The van der Waals surface area contributed by atoms with E-state index in [1.54, 1.807) is 12.5 Å². The average Bonchev–Trinajstić information content (AvgIpc) is 2.86. The van der Waals surface area contributed by atoms with Gasteiger partial charge in [-0.15, -0.1) is 0 Å². The van der Waals surface area contributed by atoms with Gasteiger partial charge in [-0.25, -0.2) is 4.98 Å². The number of aromatic nitrogens is 2. The molecule has 1 aliphatic heterocycles. The topological polar surface area (TPSA) is 52.1 Å². The van der Waals surface area contributed by atoms with Crippen LogP contribution in [-0.4, -0.2) is 39.9 Å². The largest absolute Gasteiger partial charge is 0.437 e. The van der Waals surface area contributed by atoms with E-state index in [2.05, 4.69) is 26.9 Å². The Labute approximate surface area is 90.2 Å². The molecule has 0 aromatic carbocycles. The summed E-state index contributed by atoms with van der Waals surface area (Å²) in [7, 11) is -0.324. The zero-order valence-corrected chi connectivity index (χ0v) is 8.93. The zero-order valence-electron chi connectivity index (χ0n) is 8.93. The van der Waals surface area contributed by atoms with Gasteiger partial charge in [-0.1, -0.05) is 6.08 Å². The summed E-state index contributed by atoms with van der Waals surface area (Å²) in [5.41, 5.74) is 1.03. The van der Waals surface area contributed by atoms with Gasteiger partial charge in [0.25, 0.3) is 0 Å². The minimum absolute atomic E-state index is 0.324. The second-order valence-corrected chi connectivity index (χ2v) is 4.04. The van der Waals surface area contributed by atoms with Gasteiger partial charge in [-0.3, -0.25) is 0 Å². The van der Waals surface area contributed by atoms with Crippen LogP contribution in [0.5, 0.6) is 0 Å². The van der Waals surface area contributed by atoms with Crippen LogP contribution < -0.4 is 0 Å². The first-order valence-electron chi connectivity index (χ1n) is 5.34. The fourth-order valence-electron chi connectivity index (χ4n) is 1.91. The fourth-order valence-corrected chi connectivity index (χ4v) is 1.91. The molecule has 0 aliphatic carbocycles. The summed E-state index contributed by atoms with van der Waals surface area (Å²) in [6.45, 7) is 3.75. The number of aromatic amines is 1. The van der Waals surface area contributed by atoms with Crippen molar-refractivity contribution in [3.05, 3.63) is 24.3 Å². The molecule has 1 aromatic heterocycles. The van der Waals surface area contributed by atoms with Gasteiger partial charge >= 0.3 is 7.05 Å². The van der Waals surface area contributed by atoms with Gasteiger partial charge in [0.2, 0.25) is 0 Å². The third kappa shape index (κ3) is 2.70. The molecule has 1 saturated heterocycles. The highest BCUT2D eigenvalue weighted by Crippen LogP contribution is 2.18. The third-order valence-corrected chi connectivity index (χ3v) is 2.85. The molecule has 5 heteroatoms. The highest BCUT2D eigenvalue weighted by molar-refractivity contribution is 6.45. The minimum Gasteiger partial charge on any atom is -0.437 e. The van der Waals surface area contributed by atoms with Crippen LogP contribution in [0, 0.1) is 5.92 Å². The molecule has 4 nitrogen and oxygen atoms in total. The van der Waals surface area contributed by atoms with Crippen molar-refractivity contribution in [2.75, 3.05) is 13.1 Å². The van der Waals surface area contributed by atoms with Gasteiger partial charge in [0.15, 0.2) is 0 Å². The molecule has 0 amide bonds. The van der Waals surface area contributed by atoms with E-state index in [9.17, 15) is 5.02 Å². The van der Waals surface area contributed by atoms with E-state index in [4.69, 9.17) is 0 Å². The molecule has 1 atom stereocenters. The van der Waals surface area contributed by atoms with Gasteiger partial charge in [0.1, 0.15) is 0 Å². The Hall–Kier alpha value is -1.07. The third-order valence-electron chi connectivity index (χ3n) is 2.85. The number of nitrogens with one attached hydrogen (secondary N) is 1. The molecule has 0 spiro atoms. The molecule has 0 radical (unpaired) electrons. The number of H-pyrrole nitrogens is 1. The molecule has 2 heterocycles. The van der Waals surface area contributed by atoms with Crippen LogP contribution in [0.25, 0.3) is 6.08 Å². The van der Waals surface area contributed by atoms with Crippen molar-refractivity contribution in [2.45, 2.75) is 13.2 Å². The Morgan fingerprint density at radius 1 is 1.73 bits per heavy atom. The summed E-state index contributed by atoms with van der Waals surface area (Å²) < 4.78 is 0. The van der Waals surface area contributed by atoms with E-state index in [1.807, 2.05) is 6.82 Å². The lowest BCUT2D eigenvalue weighted by Crippen LogP contribution is -2.34. The number of hydrogen-bond acceptors (Lipinski definition) is 3. The van der Waals surface area contributed by atoms with E-state index >= 15 is 0 Å². The number of imidazole rings is 1. The zero-order chi connectivity index (χ0) is 10.7. The average molecular weight is 205 g/mol. The van der Waals surface area contributed by atoms with Gasteiger partial charge in [0, 0.05) is 0 Å². The van der Waals surface area contributed by atoms with Crippen molar-refractivity contribution in [3.63, 3.8) is 0 Å². The summed E-state index contributed by atoms with van der Waals surface area (Å²) in [5.74, 6) is 0.544. The minimum atomic E-state index is -0.324. The molecule has 1 aliphatic rings. The van der Waals surface area contributed by atoms with Crippen molar-refractivity contribution in [2.24, 2.45) is 5.92 Å². The van der Waals surface area contributed by atoms with Crippen LogP contribution in [0.15, 0.2) is 18.6 Å². The SMILES string of the molecule is CB(O)N1CCC(C=Cc2cnc[nH]2)C1. The highest BCUT2D eigenvalue weighted by atomic mass is 16.2. The second-order valence-electron chi connectivity index (χ2n) is 4.04. The van der Waals surface area contributed by atoms with Crippen LogP contribution in [0.3, 0.4) is 0 Å². The summed E-state index contributed by atoms with van der Waals surface area (Å²) >= 11 is 0. The first-order chi connectivity index (χ1) is 7.25. The van der Waals surface area contributed by atoms with E-state index < -0.39 is 0 Å². The maximum atomic E-state index is 9.41. The summed E-state index contributed by atoms with van der Waals surface area (Å²) in [5, 5.41) is 9.41. The molecule has 0 bridgehead atoms. The van der Waals surface area contributed by atoms with Crippen LogP contribution in [0.2, 0.25) is 6.82 Å². The second kappa shape index (κ2) is 4.64. The molecule has 0 saturated carbocycles. The molecule has 15 heavy (non-hydrogen) atoms. The molecule has 2 rings (SSSR count). The Bertz CT molecular complexity index is 323. The van der Waals surface area contributed by atoms with Crippen molar-refractivity contribution in [3.8, 4) is 0 Å². The molecular formula is C10H16BN3O. The first-order valence-corrected chi connectivity index (χ1v) is 5.34. The number of rotatable bonds is 3. The lowest BCUT2D eigenvalue weighted by atomic mass is 9.86. The number of hydrogen-bond donors (Lipinski definition) is 2. The van der Waals surface area contributed by atoms with Gasteiger partial charge in [-0.2, -0.15) is 0 Å². The van der Waals surface area contributed by atoms with Crippen LogP contribution in [0.1, 0.15) is 12.1 Å². The Balaban J connectivity index is 1.87. The van der Waals surface area contributed by atoms with Gasteiger partial charge in [0.05, 0.1) is 18.2 Å². The monoisotopic (exact) mass is 205 g/mol. The van der Waals surface area contributed by atoms with E-state index in [0.717, 1.165) is 25.2 Å². The summed E-state index contributed by atoms with van der Waals surface area (Å²) in [6, 6.07) is 0. The van der Waals surface area contributed by atoms with Gasteiger partial charge < -0.3 is 14.8 Å². The Morgan fingerprint density at radius 3 is 3.20 bits per heavy atom. The summed E-state index contributed by atoms with van der Waals surface area (Å²) in [4.78, 5) is 9.07. The fraction of sp³-hybridized carbons (Fsp3) is 0.500. The van der Waals surface area contributed by atoms with Crippen molar-refractivity contribution in [1.29, 1.82) is 0 Å². The van der Waals surface area contributed by atoms with Crippen molar-refractivity contribution < 1.29 is 5.02 Å². The van der Waals surface area contributed by atoms with Gasteiger partial charge in [-0.05, 0) is 38.3 Å². The Kier molecular flexibility index (Phi) is 3.23. The molecular weight excluding hydrogens is 189 g/mol. The maximum absolute atomic E-state index is 9.41.